The molecule has 2 N–H and O–H groups in total. The molecule has 0 saturated heterocycles. The van der Waals surface area contributed by atoms with Crippen LogP contribution in [0.1, 0.15) is 21.5 Å². The molecule has 0 unspecified atom stereocenters. The molecule has 1 amide bonds. The van der Waals surface area contributed by atoms with Gasteiger partial charge in [0.25, 0.3) is 0 Å². The van der Waals surface area contributed by atoms with E-state index >= 15 is 0 Å². The van der Waals surface area contributed by atoms with Crippen LogP contribution in [0.15, 0.2) is 54.6 Å². The highest BCUT2D eigenvalue weighted by Crippen LogP contribution is 2.32. The molecular formula is C22H19N2O2. The average Bonchev–Trinajstić information content (AvgIpc) is 2.95. The molecule has 0 saturated carbocycles. The highest BCUT2D eigenvalue weighted by Gasteiger charge is 2.16. The Morgan fingerprint density at radius 1 is 1.15 bits per heavy atom. The average molecular weight is 343 g/mol. The molecule has 0 atom stereocenters. The van der Waals surface area contributed by atoms with Gasteiger partial charge in [0.05, 0.1) is 18.1 Å². The first kappa shape index (κ1) is 16.2. The van der Waals surface area contributed by atoms with Crippen molar-refractivity contribution >= 4 is 27.7 Å². The molecule has 4 heteroatoms. The number of nitrogens with two attached hydrogens (primary N) is 1. The zero-order valence-corrected chi connectivity index (χ0v) is 14.7. The summed E-state index contributed by atoms with van der Waals surface area (Å²) in [5.41, 5.74) is 10.4. The minimum Gasteiger partial charge on any atom is -0.497 e. The summed E-state index contributed by atoms with van der Waals surface area (Å²) in [5.74, 6) is 0.397. The number of methoxy groups -OCH3 is 1. The lowest BCUT2D eigenvalue weighted by Gasteiger charge is -2.10. The van der Waals surface area contributed by atoms with E-state index in [0.29, 0.717) is 12.1 Å². The molecule has 129 valence electrons. The quantitative estimate of drug-likeness (QED) is 0.607. The highest BCUT2D eigenvalue weighted by atomic mass is 16.5. The molecule has 0 aliphatic rings. The minimum atomic E-state index is -0.426. The van der Waals surface area contributed by atoms with Crippen LogP contribution in [0.5, 0.6) is 5.75 Å². The number of amides is 1. The van der Waals surface area contributed by atoms with Crippen LogP contribution in [0.4, 0.5) is 0 Å². The predicted molar refractivity (Wildman–Crippen MR) is 104 cm³/mol. The first-order chi connectivity index (χ1) is 12.6. The normalized spacial score (nSPS) is 11.2. The molecule has 0 fully saturated rings. The maximum atomic E-state index is 12.0. The van der Waals surface area contributed by atoms with E-state index in [1.54, 1.807) is 13.2 Å². The van der Waals surface area contributed by atoms with Gasteiger partial charge in [-0.05, 0) is 54.4 Å². The van der Waals surface area contributed by atoms with Crippen LogP contribution in [0.25, 0.3) is 21.8 Å². The molecule has 0 aliphatic carbocycles. The minimum absolute atomic E-state index is 0.426. The first-order valence-electron chi connectivity index (χ1n) is 8.44. The van der Waals surface area contributed by atoms with Crippen molar-refractivity contribution in [1.29, 1.82) is 0 Å². The molecule has 1 aromatic heterocycles. The molecule has 0 bridgehead atoms. The second-order valence-corrected chi connectivity index (χ2v) is 6.44. The summed E-state index contributed by atoms with van der Waals surface area (Å²) >= 11 is 0. The molecule has 4 nitrogen and oxygen atoms in total. The van der Waals surface area contributed by atoms with Gasteiger partial charge in [-0.3, -0.25) is 4.79 Å². The highest BCUT2D eigenvalue weighted by molar-refractivity contribution is 6.17. The number of nitrogens with zero attached hydrogens (tertiary/aromatic N) is 1. The lowest BCUT2D eigenvalue weighted by atomic mass is 10.1. The van der Waals surface area contributed by atoms with Crippen molar-refractivity contribution in [3.8, 4) is 5.75 Å². The Hall–Kier alpha value is -3.27. The van der Waals surface area contributed by atoms with Gasteiger partial charge in [0.15, 0.2) is 0 Å². The molecule has 4 aromatic rings. The van der Waals surface area contributed by atoms with Crippen molar-refractivity contribution < 1.29 is 9.53 Å². The Morgan fingerprint density at radius 2 is 1.96 bits per heavy atom. The molecule has 4 rings (SSSR count). The monoisotopic (exact) mass is 343 g/mol. The van der Waals surface area contributed by atoms with E-state index in [-0.39, 0.29) is 0 Å². The van der Waals surface area contributed by atoms with E-state index < -0.39 is 5.91 Å². The number of hydrogen-bond acceptors (Lipinski definition) is 2. The fraction of sp³-hybridized carbons (Fsp3) is 0.136. The first-order valence-corrected chi connectivity index (χ1v) is 8.44. The molecule has 1 radical (unpaired) electrons. The number of aryl methyl sites for hydroxylation is 1. The summed E-state index contributed by atoms with van der Waals surface area (Å²) in [6, 6.07) is 21.1. The zero-order valence-electron chi connectivity index (χ0n) is 14.7. The summed E-state index contributed by atoms with van der Waals surface area (Å²) in [5, 5.41) is 1.78. The molecule has 3 aromatic carbocycles. The third-order valence-corrected chi connectivity index (χ3v) is 4.68. The summed E-state index contributed by atoms with van der Waals surface area (Å²) in [7, 11) is 1.66. The topological polar surface area (TPSA) is 57.2 Å². The van der Waals surface area contributed by atoms with Crippen molar-refractivity contribution in [3.05, 3.63) is 77.4 Å². The van der Waals surface area contributed by atoms with Crippen LogP contribution in [-0.4, -0.2) is 17.6 Å². The summed E-state index contributed by atoms with van der Waals surface area (Å²) in [6.07, 6.45) is 0. The number of ether oxygens (including phenoxy) is 1. The molecule has 1 heterocycles. The third kappa shape index (κ3) is 2.60. The van der Waals surface area contributed by atoms with Gasteiger partial charge in [-0.15, -0.1) is 0 Å². The Labute approximate surface area is 151 Å². The Morgan fingerprint density at radius 3 is 2.73 bits per heavy atom. The fourth-order valence-corrected chi connectivity index (χ4v) is 3.49. The second kappa shape index (κ2) is 6.23. The van der Waals surface area contributed by atoms with Crippen molar-refractivity contribution in [2.24, 2.45) is 5.73 Å². The number of aromatic nitrogens is 1. The smallest absolute Gasteiger partial charge is 0.249 e. The van der Waals surface area contributed by atoms with Crippen molar-refractivity contribution in [2.45, 2.75) is 13.5 Å². The number of carbonyl (C=O) groups is 1. The third-order valence-electron chi connectivity index (χ3n) is 4.68. The van der Waals surface area contributed by atoms with Gasteiger partial charge in [0.1, 0.15) is 5.75 Å². The van der Waals surface area contributed by atoms with Crippen LogP contribution in [0, 0.1) is 13.0 Å². The van der Waals surface area contributed by atoms with E-state index in [9.17, 15) is 4.79 Å². The summed E-state index contributed by atoms with van der Waals surface area (Å²) < 4.78 is 7.55. The number of rotatable bonds is 4. The van der Waals surface area contributed by atoms with Crippen LogP contribution < -0.4 is 10.5 Å². The van der Waals surface area contributed by atoms with E-state index in [0.717, 1.165) is 38.7 Å². The van der Waals surface area contributed by atoms with Crippen LogP contribution in [-0.2, 0) is 6.54 Å². The van der Waals surface area contributed by atoms with E-state index in [1.807, 2.05) is 43.3 Å². The maximum absolute atomic E-state index is 12.0. The Kier molecular flexibility index (Phi) is 3.88. The lowest BCUT2D eigenvalue weighted by Crippen LogP contribution is -2.11. The second-order valence-electron chi connectivity index (χ2n) is 6.44. The van der Waals surface area contributed by atoms with E-state index in [4.69, 9.17) is 10.5 Å². The van der Waals surface area contributed by atoms with E-state index in [2.05, 4.69) is 22.8 Å². The van der Waals surface area contributed by atoms with Crippen molar-refractivity contribution in [2.75, 3.05) is 7.11 Å². The number of carbonyl (C=O) groups excluding carboxylic acids is 1. The molecule has 26 heavy (non-hydrogen) atoms. The standard InChI is InChI=1S/C22H19N2O2/c1-14-9-10-17-20(11-14)24(13-15-5-3-6-16(12-15)26-2)19-8-4-7-18(21(17)19)22(23)25/h3-9,11-12H,13H2,1-2H3,(H2,23,25). The van der Waals surface area contributed by atoms with Gasteiger partial charge in [-0.25, -0.2) is 0 Å². The Balaban J connectivity index is 2.01. The fourth-order valence-electron chi connectivity index (χ4n) is 3.49. The number of hydrogen-bond donors (Lipinski definition) is 1. The summed E-state index contributed by atoms with van der Waals surface area (Å²) in [4.78, 5) is 12.0. The van der Waals surface area contributed by atoms with Gasteiger partial charge in [0, 0.05) is 22.9 Å². The predicted octanol–water partition coefficient (Wildman–Crippen LogP) is 4.06. The van der Waals surface area contributed by atoms with Crippen LogP contribution in [0.2, 0.25) is 0 Å². The lowest BCUT2D eigenvalue weighted by molar-refractivity contribution is 0.100. The SMILES string of the molecule is COc1cccc(Cn2c3cc(C)c[c]c3c3c(C(N)=O)cccc32)c1. The zero-order chi connectivity index (χ0) is 18.3. The molecule has 0 spiro atoms. The van der Waals surface area contributed by atoms with Gasteiger partial charge in [-0.2, -0.15) is 0 Å². The maximum Gasteiger partial charge on any atom is 0.249 e. The van der Waals surface area contributed by atoms with Gasteiger partial charge in [-0.1, -0.05) is 24.3 Å². The summed E-state index contributed by atoms with van der Waals surface area (Å²) in [6.45, 7) is 2.70. The molecule has 0 aliphatic heterocycles. The van der Waals surface area contributed by atoms with Crippen molar-refractivity contribution in [1.82, 2.24) is 4.57 Å². The van der Waals surface area contributed by atoms with Crippen LogP contribution in [0.3, 0.4) is 0 Å². The van der Waals surface area contributed by atoms with Gasteiger partial charge < -0.3 is 15.0 Å². The van der Waals surface area contributed by atoms with Crippen molar-refractivity contribution in [3.63, 3.8) is 0 Å². The largest absolute Gasteiger partial charge is 0.497 e. The van der Waals surface area contributed by atoms with Gasteiger partial charge >= 0.3 is 0 Å². The van der Waals surface area contributed by atoms with E-state index in [1.165, 1.54) is 0 Å². The van der Waals surface area contributed by atoms with Crippen LogP contribution >= 0.6 is 0 Å². The Bertz CT molecular complexity index is 1140. The number of fused-ring (bicyclic) bond motifs is 3. The number of benzene rings is 3. The number of primary amides is 1. The molecular weight excluding hydrogens is 324 g/mol. The van der Waals surface area contributed by atoms with Gasteiger partial charge in [0.2, 0.25) is 5.91 Å².